The van der Waals surface area contributed by atoms with Crippen LogP contribution >= 0.6 is 27.5 Å². The molecule has 1 aromatic carbocycles. The highest BCUT2D eigenvalue weighted by Crippen LogP contribution is 2.26. The van der Waals surface area contributed by atoms with E-state index in [1.165, 1.54) is 5.56 Å². The Kier molecular flexibility index (Phi) is 5.49. The van der Waals surface area contributed by atoms with Crippen molar-refractivity contribution in [2.45, 2.75) is 25.8 Å². The third kappa shape index (κ3) is 3.70. The fourth-order valence-corrected chi connectivity index (χ4v) is 3.21. The number of hydrogen-bond acceptors (Lipinski definition) is 2. The summed E-state index contributed by atoms with van der Waals surface area (Å²) in [5.74, 6) is 0.602. The maximum Gasteiger partial charge on any atom is 0.0510 e. The third-order valence-corrected chi connectivity index (χ3v) is 4.30. The van der Waals surface area contributed by atoms with E-state index in [0.29, 0.717) is 12.0 Å². The molecule has 1 saturated heterocycles. The van der Waals surface area contributed by atoms with Crippen LogP contribution in [0.4, 0.5) is 0 Å². The molecule has 4 heteroatoms. The molecule has 0 spiro atoms. The summed E-state index contributed by atoms with van der Waals surface area (Å²) in [6.45, 7) is 4.88. The Morgan fingerprint density at radius 2 is 2.39 bits per heavy atom. The zero-order valence-electron chi connectivity index (χ0n) is 10.6. The largest absolute Gasteiger partial charge is 0.381 e. The number of hydrogen-bond donors (Lipinski definition) is 1. The second-order valence-electron chi connectivity index (χ2n) is 4.73. The Bertz CT molecular complexity index is 393. The van der Waals surface area contributed by atoms with Crippen molar-refractivity contribution in [3.8, 4) is 0 Å². The van der Waals surface area contributed by atoms with Gasteiger partial charge in [-0.15, -0.1) is 0 Å². The minimum absolute atomic E-state index is 0.455. The first-order valence-corrected chi connectivity index (χ1v) is 7.63. The van der Waals surface area contributed by atoms with Crippen LogP contribution in [0.2, 0.25) is 5.02 Å². The van der Waals surface area contributed by atoms with Crippen molar-refractivity contribution >= 4 is 27.5 Å². The number of halogens is 2. The van der Waals surface area contributed by atoms with Crippen molar-refractivity contribution in [1.82, 2.24) is 5.32 Å². The van der Waals surface area contributed by atoms with Gasteiger partial charge in [0.25, 0.3) is 0 Å². The number of ether oxygens (including phenoxy) is 1. The molecule has 0 aromatic heterocycles. The van der Waals surface area contributed by atoms with Crippen LogP contribution in [0.5, 0.6) is 0 Å². The lowest BCUT2D eigenvalue weighted by atomic mass is 9.93. The molecule has 1 heterocycles. The highest BCUT2D eigenvalue weighted by Gasteiger charge is 2.25. The molecule has 1 aromatic rings. The smallest absolute Gasteiger partial charge is 0.0510 e. The zero-order valence-corrected chi connectivity index (χ0v) is 12.9. The number of benzene rings is 1. The monoisotopic (exact) mass is 331 g/mol. The average molecular weight is 333 g/mol. The van der Waals surface area contributed by atoms with Crippen molar-refractivity contribution in [2.24, 2.45) is 5.92 Å². The van der Waals surface area contributed by atoms with Crippen LogP contribution in [-0.4, -0.2) is 25.8 Å². The van der Waals surface area contributed by atoms with Gasteiger partial charge < -0.3 is 10.1 Å². The van der Waals surface area contributed by atoms with Gasteiger partial charge in [-0.3, -0.25) is 0 Å². The molecular formula is C14H19BrClNO. The molecule has 1 fully saturated rings. The summed E-state index contributed by atoms with van der Waals surface area (Å²) >= 11 is 9.73. The van der Waals surface area contributed by atoms with E-state index < -0.39 is 0 Å². The van der Waals surface area contributed by atoms with Gasteiger partial charge in [-0.05, 0) is 37.1 Å². The van der Waals surface area contributed by atoms with Crippen LogP contribution in [-0.2, 0) is 11.2 Å². The van der Waals surface area contributed by atoms with E-state index >= 15 is 0 Å². The first-order valence-electron chi connectivity index (χ1n) is 6.45. The summed E-state index contributed by atoms with van der Waals surface area (Å²) in [7, 11) is 0. The molecule has 18 heavy (non-hydrogen) atoms. The molecule has 0 radical (unpaired) electrons. The van der Waals surface area contributed by atoms with Crippen LogP contribution in [0, 0.1) is 5.92 Å². The van der Waals surface area contributed by atoms with Crippen LogP contribution < -0.4 is 5.32 Å². The summed E-state index contributed by atoms with van der Waals surface area (Å²) in [5.41, 5.74) is 1.21. The molecule has 0 bridgehead atoms. The summed E-state index contributed by atoms with van der Waals surface area (Å²) in [5, 5.41) is 4.40. The quantitative estimate of drug-likeness (QED) is 0.888. The minimum atomic E-state index is 0.455. The summed E-state index contributed by atoms with van der Waals surface area (Å²) in [6.07, 6.45) is 2.11. The Balaban J connectivity index is 2.07. The lowest BCUT2D eigenvalue weighted by molar-refractivity contribution is 0.176. The molecule has 1 N–H and O–H groups in total. The molecule has 2 rings (SSSR count). The van der Waals surface area contributed by atoms with Gasteiger partial charge in [-0.2, -0.15) is 0 Å². The summed E-state index contributed by atoms with van der Waals surface area (Å²) < 4.78 is 6.52. The lowest BCUT2D eigenvalue weighted by Crippen LogP contribution is -2.38. The van der Waals surface area contributed by atoms with Crippen molar-refractivity contribution in [1.29, 1.82) is 0 Å². The SMILES string of the molecule is CCNC(Cc1ccc(Br)cc1Cl)C1CCOC1. The highest BCUT2D eigenvalue weighted by atomic mass is 79.9. The van der Waals surface area contributed by atoms with Gasteiger partial charge in [0.15, 0.2) is 0 Å². The van der Waals surface area contributed by atoms with E-state index in [9.17, 15) is 0 Å². The van der Waals surface area contributed by atoms with Crippen molar-refractivity contribution in [3.63, 3.8) is 0 Å². The van der Waals surface area contributed by atoms with Gasteiger partial charge in [-0.25, -0.2) is 0 Å². The van der Waals surface area contributed by atoms with E-state index in [4.69, 9.17) is 16.3 Å². The fraction of sp³-hybridized carbons (Fsp3) is 0.571. The summed E-state index contributed by atoms with van der Waals surface area (Å²) in [6, 6.07) is 6.57. The number of nitrogens with one attached hydrogen (secondary N) is 1. The highest BCUT2D eigenvalue weighted by molar-refractivity contribution is 9.10. The van der Waals surface area contributed by atoms with E-state index in [-0.39, 0.29) is 0 Å². The normalized spacial score (nSPS) is 21.2. The second kappa shape index (κ2) is 6.90. The van der Waals surface area contributed by atoms with Gasteiger partial charge in [0.05, 0.1) is 6.61 Å². The lowest BCUT2D eigenvalue weighted by Gasteiger charge is -2.23. The molecule has 0 amide bonds. The Morgan fingerprint density at radius 1 is 1.56 bits per heavy atom. The second-order valence-corrected chi connectivity index (χ2v) is 6.05. The van der Waals surface area contributed by atoms with E-state index in [0.717, 1.165) is 42.1 Å². The molecule has 1 aliphatic heterocycles. The van der Waals surface area contributed by atoms with Gasteiger partial charge in [0.2, 0.25) is 0 Å². The first kappa shape index (κ1) is 14.3. The third-order valence-electron chi connectivity index (χ3n) is 3.46. The maximum atomic E-state index is 6.29. The van der Waals surface area contributed by atoms with Gasteiger partial charge >= 0.3 is 0 Å². The number of rotatable bonds is 5. The molecule has 1 aliphatic rings. The Morgan fingerprint density at radius 3 is 3.00 bits per heavy atom. The van der Waals surface area contributed by atoms with Crippen LogP contribution in [0.1, 0.15) is 18.9 Å². The first-order chi connectivity index (χ1) is 8.70. The van der Waals surface area contributed by atoms with Crippen LogP contribution in [0.25, 0.3) is 0 Å². The van der Waals surface area contributed by atoms with Gasteiger partial charge in [0.1, 0.15) is 0 Å². The Hall–Kier alpha value is -0.0900. The van der Waals surface area contributed by atoms with Crippen molar-refractivity contribution in [3.05, 3.63) is 33.3 Å². The van der Waals surface area contributed by atoms with Crippen molar-refractivity contribution in [2.75, 3.05) is 19.8 Å². The fourth-order valence-electron chi connectivity index (χ4n) is 2.46. The van der Waals surface area contributed by atoms with Gasteiger partial charge in [0, 0.05) is 28.1 Å². The van der Waals surface area contributed by atoms with Crippen LogP contribution in [0.3, 0.4) is 0 Å². The minimum Gasteiger partial charge on any atom is -0.381 e. The summed E-state index contributed by atoms with van der Waals surface area (Å²) in [4.78, 5) is 0. The zero-order chi connectivity index (χ0) is 13.0. The standard InChI is InChI=1S/C14H19BrClNO/c1-2-17-14(11-5-6-18-9-11)7-10-3-4-12(15)8-13(10)16/h3-4,8,11,14,17H,2,5-7,9H2,1H3. The molecular weight excluding hydrogens is 314 g/mol. The molecule has 100 valence electrons. The van der Waals surface area contributed by atoms with Gasteiger partial charge in [-0.1, -0.05) is 40.5 Å². The maximum absolute atomic E-state index is 6.29. The van der Waals surface area contributed by atoms with E-state index in [2.05, 4.69) is 40.3 Å². The average Bonchev–Trinajstić information content (AvgIpc) is 2.85. The van der Waals surface area contributed by atoms with Crippen LogP contribution in [0.15, 0.2) is 22.7 Å². The number of likely N-dealkylation sites (N-methyl/N-ethyl adjacent to an activating group) is 1. The molecule has 2 unspecified atom stereocenters. The van der Waals surface area contributed by atoms with E-state index in [1.807, 2.05) is 6.07 Å². The molecule has 2 atom stereocenters. The molecule has 0 aliphatic carbocycles. The Labute approximate surface area is 122 Å². The van der Waals surface area contributed by atoms with Crippen molar-refractivity contribution < 1.29 is 4.74 Å². The molecule has 0 saturated carbocycles. The predicted molar refractivity (Wildman–Crippen MR) is 79.2 cm³/mol. The predicted octanol–water partition coefficient (Wildman–Crippen LogP) is 3.66. The molecule has 2 nitrogen and oxygen atoms in total. The van der Waals surface area contributed by atoms with E-state index in [1.54, 1.807) is 0 Å². The topological polar surface area (TPSA) is 21.3 Å².